The van der Waals surface area contributed by atoms with Gasteiger partial charge in [0.25, 0.3) is 0 Å². The van der Waals surface area contributed by atoms with Gasteiger partial charge in [-0.2, -0.15) is 0 Å². The van der Waals surface area contributed by atoms with Crippen molar-refractivity contribution in [1.29, 1.82) is 0 Å². The topological polar surface area (TPSA) is 34.1 Å². The van der Waals surface area contributed by atoms with Gasteiger partial charge in [-0.3, -0.25) is 14.8 Å². The first-order chi connectivity index (χ1) is 11.7. The predicted molar refractivity (Wildman–Crippen MR) is 103 cm³/mol. The van der Waals surface area contributed by atoms with Gasteiger partial charge in [0.15, 0.2) is 5.96 Å². The van der Waals surface area contributed by atoms with Gasteiger partial charge in [-0.15, -0.1) is 0 Å². The summed E-state index contributed by atoms with van der Waals surface area (Å²) in [6, 6.07) is 8.95. The normalized spacial score (nSPS) is 26.5. The Morgan fingerprint density at radius 1 is 1.29 bits per heavy atom. The molecule has 1 atom stereocenters. The van der Waals surface area contributed by atoms with Crippen molar-refractivity contribution < 1.29 is 0 Å². The van der Waals surface area contributed by atoms with Crippen LogP contribution in [0.3, 0.4) is 0 Å². The van der Waals surface area contributed by atoms with Crippen molar-refractivity contribution >= 4 is 21.9 Å². The van der Waals surface area contributed by atoms with Crippen LogP contribution in [0.1, 0.15) is 12.5 Å². The number of hydrogen-bond acceptors (Lipinski definition) is 3. The van der Waals surface area contributed by atoms with Gasteiger partial charge >= 0.3 is 0 Å². The molecule has 1 N–H and O–H groups in total. The standard InChI is InChI=1S/C18H28BrN5/c1-3-20-18(22(2)13-15-6-4-5-7-17(15)19)21-12-16-14-23-8-10-24(16)11-9-23/h4-7,16H,3,8-14H2,1-2H3,(H,20,21). The molecule has 5 nitrogen and oxygen atoms in total. The molecule has 6 heteroatoms. The van der Waals surface area contributed by atoms with E-state index in [1.165, 1.54) is 31.7 Å². The maximum Gasteiger partial charge on any atom is 0.194 e. The zero-order chi connectivity index (χ0) is 16.9. The molecule has 0 radical (unpaired) electrons. The summed E-state index contributed by atoms with van der Waals surface area (Å²) >= 11 is 3.64. The van der Waals surface area contributed by atoms with Crippen LogP contribution in [0.15, 0.2) is 33.7 Å². The van der Waals surface area contributed by atoms with Crippen LogP contribution >= 0.6 is 15.9 Å². The molecule has 3 aliphatic heterocycles. The van der Waals surface area contributed by atoms with Crippen LogP contribution in [0.25, 0.3) is 0 Å². The fourth-order valence-electron chi connectivity index (χ4n) is 3.52. The lowest BCUT2D eigenvalue weighted by atomic mass is 10.1. The zero-order valence-corrected chi connectivity index (χ0v) is 16.3. The van der Waals surface area contributed by atoms with Crippen molar-refractivity contribution in [3.05, 3.63) is 34.3 Å². The van der Waals surface area contributed by atoms with E-state index in [0.717, 1.165) is 36.6 Å². The summed E-state index contributed by atoms with van der Waals surface area (Å²) in [6.45, 7) is 10.7. The Morgan fingerprint density at radius 2 is 2.04 bits per heavy atom. The van der Waals surface area contributed by atoms with Gasteiger partial charge in [-0.05, 0) is 18.6 Å². The van der Waals surface area contributed by atoms with E-state index in [0.29, 0.717) is 6.04 Å². The molecule has 1 aromatic rings. The molecule has 3 saturated heterocycles. The lowest BCUT2D eigenvalue weighted by Crippen LogP contribution is -2.62. The molecule has 0 saturated carbocycles. The second-order valence-electron chi connectivity index (χ2n) is 6.63. The second kappa shape index (κ2) is 8.32. The van der Waals surface area contributed by atoms with E-state index < -0.39 is 0 Å². The lowest BCUT2D eigenvalue weighted by molar-refractivity contribution is 0.0173. The third kappa shape index (κ3) is 4.29. The number of fused-ring (bicyclic) bond motifs is 3. The highest BCUT2D eigenvalue weighted by Crippen LogP contribution is 2.18. The van der Waals surface area contributed by atoms with Crippen LogP contribution in [-0.2, 0) is 6.54 Å². The Morgan fingerprint density at radius 3 is 2.67 bits per heavy atom. The Labute approximate surface area is 153 Å². The fourth-order valence-corrected chi connectivity index (χ4v) is 3.93. The Kier molecular flexibility index (Phi) is 6.14. The monoisotopic (exact) mass is 393 g/mol. The molecule has 0 aliphatic carbocycles. The number of benzene rings is 1. The summed E-state index contributed by atoms with van der Waals surface area (Å²) in [5.74, 6) is 0.992. The van der Waals surface area contributed by atoms with Crippen molar-refractivity contribution in [3.63, 3.8) is 0 Å². The molecular weight excluding hydrogens is 366 g/mol. The van der Waals surface area contributed by atoms with Crippen molar-refractivity contribution in [3.8, 4) is 0 Å². The minimum atomic E-state index is 0.568. The maximum atomic E-state index is 4.93. The molecule has 2 bridgehead atoms. The quantitative estimate of drug-likeness (QED) is 0.611. The van der Waals surface area contributed by atoms with E-state index in [1.807, 2.05) is 0 Å². The van der Waals surface area contributed by atoms with E-state index in [4.69, 9.17) is 4.99 Å². The molecule has 0 spiro atoms. The smallest absolute Gasteiger partial charge is 0.194 e. The molecule has 1 unspecified atom stereocenters. The number of guanidine groups is 1. The number of hydrogen-bond donors (Lipinski definition) is 1. The van der Waals surface area contributed by atoms with Gasteiger partial charge in [0.2, 0.25) is 0 Å². The lowest BCUT2D eigenvalue weighted by Gasteiger charge is -2.47. The van der Waals surface area contributed by atoms with Crippen LogP contribution < -0.4 is 5.32 Å². The molecule has 24 heavy (non-hydrogen) atoms. The first kappa shape index (κ1) is 17.7. The second-order valence-corrected chi connectivity index (χ2v) is 7.49. The molecule has 4 rings (SSSR count). The van der Waals surface area contributed by atoms with Crippen LogP contribution in [0.2, 0.25) is 0 Å². The third-order valence-electron chi connectivity index (χ3n) is 4.91. The summed E-state index contributed by atoms with van der Waals surface area (Å²) in [6.07, 6.45) is 0. The Bertz CT molecular complexity index is 568. The predicted octanol–water partition coefficient (Wildman–Crippen LogP) is 1.85. The number of nitrogens with zero attached hydrogens (tertiary/aromatic N) is 4. The maximum absolute atomic E-state index is 4.93. The molecule has 3 heterocycles. The van der Waals surface area contributed by atoms with E-state index in [-0.39, 0.29) is 0 Å². The number of halogens is 1. The number of aliphatic imine (C=N–C) groups is 1. The van der Waals surface area contributed by atoms with Crippen LogP contribution in [-0.4, -0.2) is 79.6 Å². The van der Waals surface area contributed by atoms with Gasteiger partial charge in [0.05, 0.1) is 6.54 Å². The fraction of sp³-hybridized carbons (Fsp3) is 0.611. The first-order valence-corrected chi connectivity index (χ1v) is 9.66. The van der Waals surface area contributed by atoms with Crippen molar-refractivity contribution in [2.45, 2.75) is 19.5 Å². The molecule has 132 valence electrons. The molecule has 0 amide bonds. The van der Waals surface area contributed by atoms with Crippen LogP contribution in [0, 0.1) is 0 Å². The number of rotatable bonds is 5. The summed E-state index contributed by atoms with van der Waals surface area (Å²) in [5, 5.41) is 3.43. The molecule has 1 aromatic carbocycles. The summed E-state index contributed by atoms with van der Waals surface area (Å²) in [5.41, 5.74) is 1.28. The van der Waals surface area contributed by atoms with E-state index in [9.17, 15) is 0 Å². The van der Waals surface area contributed by atoms with E-state index in [1.54, 1.807) is 0 Å². The highest BCUT2D eigenvalue weighted by molar-refractivity contribution is 9.10. The summed E-state index contributed by atoms with van der Waals surface area (Å²) in [7, 11) is 2.11. The number of nitrogens with one attached hydrogen (secondary N) is 1. The largest absolute Gasteiger partial charge is 0.357 e. The van der Waals surface area contributed by atoms with Crippen LogP contribution in [0.5, 0.6) is 0 Å². The minimum absolute atomic E-state index is 0.568. The van der Waals surface area contributed by atoms with Gasteiger partial charge in [0.1, 0.15) is 0 Å². The van der Waals surface area contributed by atoms with Gasteiger partial charge in [0, 0.05) is 63.4 Å². The van der Waals surface area contributed by atoms with E-state index >= 15 is 0 Å². The Balaban J connectivity index is 1.63. The van der Waals surface area contributed by atoms with Crippen molar-refractivity contribution in [2.75, 3.05) is 52.9 Å². The van der Waals surface area contributed by atoms with Crippen molar-refractivity contribution in [2.24, 2.45) is 4.99 Å². The molecule has 3 aliphatic rings. The first-order valence-electron chi connectivity index (χ1n) is 8.86. The van der Waals surface area contributed by atoms with E-state index in [2.05, 4.69) is 74.2 Å². The van der Waals surface area contributed by atoms with Gasteiger partial charge in [-0.1, -0.05) is 34.1 Å². The highest BCUT2D eigenvalue weighted by atomic mass is 79.9. The third-order valence-corrected chi connectivity index (χ3v) is 5.68. The molecule has 0 aromatic heterocycles. The minimum Gasteiger partial charge on any atom is -0.357 e. The highest BCUT2D eigenvalue weighted by Gasteiger charge is 2.31. The average molecular weight is 394 g/mol. The summed E-state index contributed by atoms with van der Waals surface area (Å²) < 4.78 is 1.15. The SMILES string of the molecule is CCNC(=NCC1CN2CCN1CC2)N(C)Cc1ccccc1Br. The van der Waals surface area contributed by atoms with Crippen molar-refractivity contribution in [1.82, 2.24) is 20.0 Å². The average Bonchev–Trinajstić information content (AvgIpc) is 2.61. The van der Waals surface area contributed by atoms with Crippen LogP contribution in [0.4, 0.5) is 0 Å². The van der Waals surface area contributed by atoms with Gasteiger partial charge < -0.3 is 10.2 Å². The summed E-state index contributed by atoms with van der Waals surface area (Å²) in [4.78, 5) is 12.3. The zero-order valence-electron chi connectivity index (χ0n) is 14.7. The number of piperazine rings is 3. The van der Waals surface area contributed by atoms with Gasteiger partial charge in [-0.25, -0.2) is 0 Å². The Hall–Kier alpha value is -1.11. The molecule has 3 fully saturated rings. The molecular formula is C18H28BrN5.